The minimum absolute atomic E-state index is 0.180. The number of ketones is 1. The van der Waals surface area contributed by atoms with Crippen LogP contribution in [0.4, 0.5) is 5.69 Å². The summed E-state index contributed by atoms with van der Waals surface area (Å²) < 4.78 is 0. The molecule has 7 aromatic rings. The predicted octanol–water partition coefficient (Wildman–Crippen LogP) is 9.70. The van der Waals surface area contributed by atoms with Crippen LogP contribution in [0.1, 0.15) is 43.2 Å². The zero-order valence-electron chi connectivity index (χ0n) is 23.0. The summed E-state index contributed by atoms with van der Waals surface area (Å²) in [6, 6.07) is 34.9. The maximum absolute atomic E-state index is 12.6. The van der Waals surface area contributed by atoms with Crippen molar-refractivity contribution in [2.75, 3.05) is 5.48 Å². The van der Waals surface area contributed by atoms with Crippen LogP contribution in [0.3, 0.4) is 0 Å². The molecular formula is C38H29NO2. The number of fused-ring (bicyclic) bond motifs is 7. The van der Waals surface area contributed by atoms with Crippen LogP contribution in [-0.2, 0) is 11.2 Å². The quantitative estimate of drug-likeness (QED) is 0.140. The van der Waals surface area contributed by atoms with Gasteiger partial charge >= 0.3 is 0 Å². The Kier molecular flexibility index (Phi) is 4.62. The molecule has 3 nitrogen and oxygen atoms in total. The lowest BCUT2D eigenvalue weighted by Crippen LogP contribution is -2.32. The molecule has 0 spiro atoms. The summed E-state index contributed by atoms with van der Waals surface area (Å²) in [5.41, 5.74) is 6.85. The first-order valence-electron chi connectivity index (χ1n) is 14.7. The van der Waals surface area contributed by atoms with E-state index in [1.165, 1.54) is 59.6 Å². The minimum atomic E-state index is -0.180. The summed E-state index contributed by atoms with van der Waals surface area (Å²) in [6.07, 6.45) is 3.61. The van der Waals surface area contributed by atoms with Crippen LogP contribution in [0.2, 0.25) is 0 Å². The molecule has 0 radical (unpaired) electrons. The van der Waals surface area contributed by atoms with E-state index in [1.54, 1.807) is 0 Å². The largest absolute Gasteiger partial charge is 0.382 e. The van der Waals surface area contributed by atoms with Crippen molar-refractivity contribution >= 4 is 65.3 Å². The third-order valence-electron chi connectivity index (χ3n) is 10.3. The van der Waals surface area contributed by atoms with E-state index >= 15 is 0 Å². The Bertz CT molecular complexity index is 2160. The number of carbonyl (C=O) groups is 1. The van der Waals surface area contributed by atoms with Crippen molar-refractivity contribution in [2.24, 2.45) is 5.41 Å². The van der Waals surface area contributed by atoms with Crippen LogP contribution in [0.5, 0.6) is 5.75 Å². The van der Waals surface area contributed by atoms with Crippen molar-refractivity contribution in [3.8, 4) is 5.75 Å². The second-order valence-electron chi connectivity index (χ2n) is 12.3. The first kappa shape index (κ1) is 23.1. The van der Waals surface area contributed by atoms with Crippen LogP contribution >= 0.6 is 0 Å². The molecule has 3 heteroatoms. The molecule has 1 fully saturated rings. The van der Waals surface area contributed by atoms with Gasteiger partial charge in [-0.3, -0.25) is 4.79 Å². The van der Waals surface area contributed by atoms with Crippen LogP contribution in [0, 0.1) is 5.41 Å². The van der Waals surface area contributed by atoms with E-state index in [1.807, 2.05) is 0 Å². The van der Waals surface area contributed by atoms with Crippen LogP contribution in [0.15, 0.2) is 97.1 Å². The molecule has 1 N–H and O–H groups in total. The second-order valence-corrected chi connectivity index (χ2v) is 12.3. The van der Waals surface area contributed by atoms with Crippen molar-refractivity contribution in [2.45, 2.75) is 38.5 Å². The lowest BCUT2D eigenvalue weighted by molar-refractivity contribution is -0.126. The number of nitrogens with one attached hydrogen (secondary N) is 1. The van der Waals surface area contributed by atoms with E-state index in [4.69, 9.17) is 4.84 Å². The number of rotatable bonds is 3. The Hall–Kier alpha value is -4.63. The molecule has 2 aliphatic carbocycles. The molecule has 0 amide bonds. The Morgan fingerprint density at radius 1 is 0.707 bits per heavy atom. The van der Waals surface area contributed by atoms with E-state index in [0.29, 0.717) is 11.7 Å². The second kappa shape index (κ2) is 8.20. The summed E-state index contributed by atoms with van der Waals surface area (Å²) in [6.45, 7) is 2.18. The molecule has 1 saturated carbocycles. The van der Waals surface area contributed by atoms with Gasteiger partial charge in [0.1, 0.15) is 5.78 Å². The molecule has 2 aliphatic rings. The summed E-state index contributed by atoms with van der Waals surface area (Å²) in [7, 11) is 0. The van der Waals surface area contributed by atoms with Gasteiger partial charge in [0.05, 0.1) is 5.69 Å². The fourth-order valence-electron chi connectivity index (χ4n) is 8.18. The maximum Gasteiger partial charge on any atom is 0.155 e. The molecule has 2 atom stereocenters. The van der Waals surface area contributed by atoms with Gasteiger partial charge in [0, 0.05) is 17.2 Å². The molecule has 0 heterocycles. The third kappa shape index (κ3) is 3.12. The lowest BCUT2D eigenvalue weighted by Gasteiger charge is -2.37. The van der Waals surface area contributed by atoms with Gasteiger partial charge in [-0.2, -0.15) is 0 Å². The summed E-state index contributed by atoms with van der Waals surface area (Å²) in [5.74, 6) is 1.58. The molecule has 0 saturated heterocycles. The summed E-state index contributed by atoms with van der Waals surface area (Å²) in [5, 5.41) is 12.6. The maximum atomic E-state index is 12.6. The fourth-order valence-corrected chi connectivity index (χ4v) is 8.18. The number of carbonyl (C=O) groups excluding carboxylic acids is 1. The van der Waals surface area contributed by atoms with E-state index in [9.17, 15) is 4.79 Å². The highest BCUT2D eigenvalue weighted by Crippen LogP contribution is 2.54. The van der Waals surface area contributed by atoms with E-state index in [2.05, 4.69) is 109 Å². The SMILES string of the molecule is C[C@]12CCc3c(ccc4cc(ONc5ccc6c7cccc8cccc(c9cccc5c96)c87)ccc34)[C@@H]1CCC2=O. The minimum Gasteiger partial charge on any atom is -0.382 e. The third-order valence-corrected chi connectivity index (χ3v) is 10.3. The number of aryl methyl sites for hydroxylation is 1. The Labute approximate surface area is 238 Å². The number of hydrogen-bond acceptors (Lipinski definition) is 3. The van der Waals surface area contributed by atoms with Crippen LogP contribution in [0.25, 0.3) is 53.9 Å². The zero-order chi connectivity index (χ0) is 27.3. The average molecular weight is 532 g/mol. The molecule has 198 valence electrons. The summed E-state index contributed by atoms with van der Waals surface area (Å²) >= 11 is 0. The molecule has 9 rings (SSSR count). The first-order chi connectivity index (χ1) is 20.1. The lowest BCUT2D eigenvalue weighted by atomic mass is 9.66. The Balaban J connectivity index is 1.09. The van der Waals surface area contributed by atoms with Crippen molar-refractivity contribution in [3.63, 3.8) is 0 Å². The molecule has 0 bridgehead atoms. The highest BCUT2D eigenvalue weighted by molar-refractivity contribution is 6.33. The van der Waals surface area contributed by atoms with Gasteiger partial charge in [0.15, 0.2) is 5.75 Å². The predicted molar refractivity (Wildman–Crippen MR) is 169 cm³/mol. The fraction of sp³-hybridized carbons (Fsp3) is 0.184. The molecule has 0 unspecified atom stereocenters. The van der Waals surface area contributed by atoms with Crippen molar-refractivity contribution < 1.29 is 9.63 Å². The van der Waals surface area contributed by atoms with E-state index in [-0.39, 0.29) is 5.41 Å². The number of hydrogen-bond donors (Lipinski definition) is 1. The molecule has 0 aromatic heterocycles. The van der Waals surface area contributed by atoms with Gasteiger partial charge in [0.25, 0.3) is 0 Å². The molecule has 41 heavy (non-hydrogen) atoms. The van der Waals surface area contributed by atoms with Gasteiger partial charge in [-0.05, 0) is 103 Å². The topological polar surface area (TPSA) is 38.3 Å². The highest BCUT2D eigenvalue weighted by atomic mass is 16.6. The van der Waals surface area contributed by atoms with Crippen molar-refractivity contribution in [1.82, 2.24) is 0 Å². The van der Waals surface area contributed by atoms with Crippen molar-refractivity contribution in [1.29, 1.82) is 0 Å². The number of anilines is 1. The van der Waals surface area contributed by atoms with Gasteiger partial charge in [-0.15, -0.1) is 0 Å². The Morgan fingerprint density at radius 2 is 1.41 bits per heavy atom. The molecule has 0 aliphatic heterocycles. The average Bonchev–Trinajstić information content (AvgIpc) is 3.32. The smallest absolute Gasteiger partial charge is 0.155 e. The number of benzene rings is 7. The Morgan fingerprint density at radius 3 is 2.24 bits per heavy atom. The van der Waals surface area contributed by atoms with Crippen LogP contribution < -0.4 is 10.3 Å². The van der Waals surface area contributed by atoms with E-state index in [0.717, 1.165) is 42.5 Å². The monoisotopic (exact) mass is 531 g/mol. The highest BCUT2D eigenvalue weighted by Gasteiger charge is 2.49. The van der Waals surface area contributed by atoms with Gasteiger partial charge in [-0.25, -0.2) is 5.48 Å². The van der Waals surface area contributed by atoms with E-state index < -0.39 is 0 Å². The molecule has 7 aromatic carbocycles. The number of Topliss-reactive ketones (excluding diaryl/α,β-unsaturated/α-hetero) is 1. The zero-order valence-corrected chi connectivity index (χ0v) is 23.0. The van der Waals surface area contributed by atoms with Gasteiger partial charge in [-0.1, -0.05) is 85.8 Å². The molecular weight excluding hydrogens is 502 g/mol. The van der Waals surface area contributed by atoms with Gasteiger partial charge < -0.3 is 4.84 Å². The standard InChI is InChI=1S/C38H29NO2/c1-38-20-19-26-25-14-12-24(21-23(25)11-13-27(26)33(38)16-18-35(38)40)41-39-34-17-15-31-29-8-3-6-22-5-2-7-28(36(22)29)30-9-4-10-32(34)37(30)31/h2-15,17,21,33,39H,16,18-20H2,1H3/t33-,38-/m0/s1. The first-order valence-corrected chi connectivity index (χ1v) is 14.7. The van der Waals surface area contributed by atoms with Crippen LogP contribution in [-0.4, -0.2) is 5.78 Å². The van der Waals surface area contributed by atoms with Gasteiger partial charge in [0.2, 0.25) is 0 Å². The van der Waals surface area contributed by atoms with Crippen molar-refractivity contribution in [3.05, 3.63) is 108 Å². The summed E-state index contributed by atoms with van der Waals surface area (Å²) in [4.78, 5) is 18.9. The normalized spacial score (nSPS) is 20.3.